The molecule has 0 radical (unpaired) electrons. The van der Waals surface area contributed by atoms with Crippen molar-refractivity contribution in [2.45, 2.75) is 19.4 Å². The van der Waals surface area contributed by atoms with E-state index in [1.54, 1.807) is 20.9 Å². The molecule has 0 aromatic carbocycles. The highest BCUT2D eigenvalue weighted by Crippen LogP contribution is 2.46. The number of hydrogen-bond acceptors (Lipinski definition) is 5. The monoisotopic (exact) mass is 279 g/mol. The normalized spacial score (nSPS) is 28.4. The van der Waals surface area contributed by atoms with Crippen LogP contribution in [0, 0.1) is 5.92 Å². The summed E-state index contributed by atoms with van der Waals surface area (Å²) in [6.07, 6.45) is 1.82. The number of carbonyl (C=O) groups excluding carboxylic acids is 3. The summed E-state index contributed by atoms with van der Waals surface area (Å²) in [4.78, 5) is 38.0. The summed E-state index contributed by atoms with van der Waals surface area (Å²) in [5.74, 6) is -2.29. The van der Waals surface area contributed by atoms with Crippen LogP contribution in [0.4, 0.5) is 0 Å². The molecule has 0 saturated carbocycles. The molecular weight excluding hydrogens is 262 g/mol. The van der Waals surface area contributed by atoms with Gasteiger partial charge in [0.25, 0.3) is 0 Å². The molecule has 1 aliphatic carbocycles. The van der Waals surface area contributed by atoms with E-state index in [9.17, 15) is 14.4 Å². The number of amides is 1. The topological polar surface area (TPSA) is 72.9 Å². The maximum Gasteiger partial charge on any atom is 0.337 e. The Hall–Kier alpha value is -2.11. The molecule has 6 heteroatoms. The van der Waals surface area contributed by atoms with Crippen molar-refractivity contribution in [3.05, 3.63) is 22.8 Å². The lowest BCUT2D eigenvalue weighted by molar-refractivity contribution is -0.147. The lowest BCUT2D eigenvalue weighted by Crippen LogP contribution is -2.60. The Labute approximate surface area is 117 Å². The fourth-order valence-electron chi connectivity index (χ4n) is 3.00. The summed E-state index contributed by atoms with van der Waals surface area (Å²) < 4.78 is 9.52. The molecule has 2 bridgehead atoms. The molecule has 2 aliphatic heterocycles. The van der Waals surface area contributed by atoms with Crippen LogP contribution < -0.4 is 0 Å². The van der Waals surface area contributed by atoms with Gasteiger partial charge in [-0.15, -0.1) is 0 Å². The predicted octanol–water partition coefficient (Wildman–Crippen LogP) is 0.436. The molecule has 0 fully saturated rings. The summed E-state index contributed by atoms with van der Waals surface area (Å²) in [5, 5.41) is 0. The molecule has 0 unspecified atom stereocenters. The molecule has 3 rings (SSSR count). The second kappa shape index (κ2) is 4.47. The van der Waals surface area contributed by atoms with Crippen molar-refractivity contribution in [2.75, 3.05) is 21.3 Å². The number of carbonyl (C=O) groups is 3. The van der Waals surface area contributed by atoms with E-state index in [0.717, 1.165) is 5.57 Å². The smallest absolute Gasteiger partial charge is 0.337 e. The van der Waals surface area contributed by atoms with Crippen LogP contribution in [-0.2, 0) is 23.9 Å². The minimum absolute atomic E-state index is 0.0879. The van der Waals surface area contributed by atoms with Gasteiger partial charge in [-0.2, -0.15) is 0 Å². The van der Waals surface area contributed by atoms with E-state index in [1.165, 1.54) is 19.1 Å². The first-order valence-electron chi connectivity index (χ1n) is 6.17. The fourth-order valence-corrected chi connectivity index (χ4v) is 3.00. The van der Waals surface area contributed by atoms with Crippen molar-refractivity contribution >= 4 is 17.8 Å². The number of fused-ring (bicyclic) bond motifs is 1. The van der Waals surface area contributed by atoms with Crippen LogP contribution >= 0.6 is 0 Å². The average molecular weight is 279 g/mol. The van der Waals surface area contributed by atoms with Crippen LogP contribution in [0.2, 0.25) is 0 Å². The molecule has 2 heterocycles. The van der Waals surface area contributed by atoms with E-state index in [-0.39, 0.29) is 17.1 Å². The second-order valence-corrected chi connectivity index (χ2v) is 5.14. The minimum atomic E-state index is -0.994. The van der Waals surface area contributed by atoms with Gasteiger partial charge < -0.3 is 14.4 Å². The highest BCUT2D eigenvalue weighted by Gasteiger charge is 2.55. The Morgan fingerprint density at radius 2 is 1.80 bits per heavy atom. The van der Waals surface area contributed by atoms with E-state index in [2.05, 4.69) is 0 Å². The van der Waals surface area contributed by atoms with Gasteiger partial charge in [0.05, 0.1) is 36.8 Å². The molecular formula is C14H17NO5. The molecule has 0 saturated heterocycles. The van der Waals surface area contributed by atoms with Crippen LogP contribution in [0.5, 0.6) is 0 Å². The van der Waals surface area contributed by atoms with Gasteiger partial charge in [-0.3, -0.25) is 4.79 Å². The number of ether oxygens (including phenoxy) is 2. The Kier molecular flexibility index (Phi) is 3.20. The number of hydrogen-bond donors (Lipinski definition) is 0. The Balaban J connectivity index is 2.77. The number of likely N-dealkylation sites (N-methyl/N-ethyl adjacent to an activating group) is 1. The van der Waals surface area contributed by atoms with Gasteiger partial charge in [-0.05, 0) is 13.8 Å². The van der Waals surface area contributed by atoms with Gasteiger partial charge in [-0.25, -0.2) is 9.59 Å². The lowest BCUT2D eigenvalue weighted by atomic mass is 9.68. The minimum Gasteiger partial charge on any atom is -0.466 e. The lowest BCUT2D eigenvalue weighted by Gasteiger charge is -2.49. The summed E-state index contributed by atoms with van der Waals surface area (Å²) >= 11 is 0. The van der Waals surface area contributed by atoms with E-state index in [4.69, 9.17) is 9.47 Å². The van der Waals surface area contributed by atoms with Crippen molar-refractivity contribution in [3.63, 3.8) is 0 Å². The Morgan fingerprint density at radius 3 is 2.30 bits per heavy atom. The second-order valence-electron chi connectivity index (χ2n) is 5.14. The molecule has 6 nitrogen and oxygen atoms in total. The quantitative estimate of drug-likeness (QED) is 0.541. The molecule has 3 aliphatic rings. The zero-order valence-corrected chi connectivity index (χ0v) is 12.1. The summed E-state index contributed by atoms with van der Waals surface area (Å²) in [6.45, 7) is 3.48. The maximum absolute atomic E-state index is 12.4. The Bertz CT molecular complexity index is 574. The largest absolute Gasteiger partial charge is 0.466 e. The van der Waals surface area contributed by atoms with Gasteiger partial charge >= 0.3 is 11.9 Å². The van der Waals surface area contributed by atoms with Crippen LogP contribution in [-0.4, -0.2) is 49.6 Å². The van der Waals surface area contributed by atoms with Crippen molar-refractivity contribution in [2.24, 2.45) is 5.92 Å². The van der Waals surface area contributed by atoms with Crippen LogP contribution in [0.1, 0.15) is 13.8 Å². The zero-order valence-electron chi connectivity index (χ0n) is 12.1. The molecule has 0 aromatic heterocycles. The maximum atomic E-state index is 12.4. The van der Waals surface area contributed by atoms with Crippen molar-refractivity contribution in [1.29, 1.82) is 0 Å². The van der Waals surface area contributed by atoms with E-state index < -0.39 is 23.4 Å². The van der Waals surface area contributed by atoms with E-state index >= 15 is 0 Å². The van der Waals surface area contributed by atoms with E-state index in [1.807, 2.05) is 6.08 Å². The summed E-state index contributed by atoms with van der Waals surface area (Å²) in [6, 6.07) is 0. The third-order valence-electron chi connectivity index (χ3n) is 4.10. The molecule has 2 atom stereocenters. The highest BCUT2D eigenvalue weighted by atomic mass is 16.5. The predicted molar refractivity (Wildman–Crippen MR) is 69.5 cm³/mol. The summed E-state index contributed by atoms with van der Waals surface area (Å²) in [5.41, 5.74) is 0.00477. The van der Waals surface area contributed by atoms with Crippen molar-refractivity contribution in [1.82, 2.24) is 4.90 Å². The third kappa shape index (κ3) is 1.60. The average Bonchev–Trinajstić information content (AvgIpc) is 2.41. The molecule has 1 amide bonds. The zero-order chi connectivity index (χ0) is 15.2. The van der Waals surface area contributed by atoms with Gasteiger partial charge in [0.1, 0.15) is 0 Å². The van der Waals surface area contributed by atoms with Crippen LogP contribution in [0.25, 0.3) is 0 Å². The van der Waals surface area contributed by atoms with E-state index in [0.29, 0.717) is 0 Å². The number of nitrogens with zero attached hydrogens (tertiary/aromatic N) is 1. The number of rotatable bonds is 2. The van der Waals surface area contributed by atoms with Gasteiger partial charge in [-0.1, -0.05) is 11.6 Å². The first kappa shape index (κ1) is 14.3. The number of esters is 2. The summed E-state index contributed by atoms with van der Waals surface area (Å²) in [7, 11) is 4.08. The first-order valence-corrected chi connectivity index (χ1v) is 6.17. The molecule has 108 valence electrons. The van der Waals surface area contributed by atoms with Crippen molar-refractivity contribution < 1.29 is 23.9 Å². The van der Waals surface area contributed by atoms with Gasteiger partial charge in [0, 0.05) is 7.05 Å². The fraction of sp³-hybridized carbons (Fsp3) is 0.500. The number of methoxy groups -OCH3 is 2. The molecule has 0 N–H and O–H groups in total. The molecule has 0 aromatic rings. The van der Waals surface area contributed by atoms with Crippen LogP contribution in [0.3, 0.4) is 0 Å². The third-order valence-corrected chi connectivity index (χ3v) is 4.10. The van der Waals surface area contributed by atoms with Gasteiger partial charge in [0.2, 0.25) is 5.91 Å². The Morgan fingerprint density at radius 1 is 1.25 bits per heavy atom. The SMILES string of the molecule is COC(=O)C1=C(C(=O)OC)[C@@]2(C)C=C(C)[C@@H]1C(=O)N2C. The van der Waals surface area contributed by atoms with Crippen molar-refractivity contribution in [3.8, 4) is 0 Å². The molecule has 0 spiro atoms. The first-order chi connectivity index (χ1) is 9.29. The molecule has 20 heavy (non-hydrogen) atoms. The van der Waals surface area contributed by atoms with Gasteiger partial charge in [0.15, 0.2) is 0 Å². The highest BCUT2D eigenvalue weighted by molar-refractivity contribution is 6.11. The van der Waals surface area contributed by atoms with Crippen LogP contribution in [0.15, 0.2) is 22.8 Å². The standard InChI is InChI=1S/C14H17NO5/c1-7-6-14(2)10(13(18)20-5)9(12(17)19-4)8(7)11(16)15(14)3/h6,8H,1-5H3/t8-,14+/m0/s1.